The van der Waals surface area contributed by atoms with Crippen LogP contribution in [0.5, 0.6) is 0 Å². The fourth-order valence-corrected chi connectivity index (χ4v) is 2.38. The Labute approximate surface area is 108 Å². The topological polar surface area (TPSA) is 60.8 Å². The van der Waals surface area contributed by atoms with E-state index in [2.05, 4.69) is 15.9 Å². The largest absolute Gasteiger partial charge is 0.465 e. The Balaban J connectivity index is 2.11. The third kappa shape index (κ3) is 2.61. The minimum atomic E-state index is -0.914. The SMILES string of the molecule is O=C(O)N1CCC(O)(c2ccc(Br)cc2)CC1. The highest BCUT2D eigenvalue weighted by Crippen LogP contribution is 2.33. The molecule has 17 heavy (non-hydrogen) atoms. The van der Waals surface area contributed by atoms with Crippen LogP contribution in [0.15, 0.2) is 28.7 Å². The summed E-state index contributed by atoms with van der Waals surface area (Å²) in [5, 5.41) is 19.4. The number of amides is 1. The van der Waals surface area contributed by atoms with E-state index in [0.29, 0.717) is 25.9 Å². The zero-order chi connectivity index (χ0) is 12.5. The highest BCUT2D eigenvalue weighted by Gasteiger charge is 2.35. The first-order chi connectivity index (χ1) is 8.01. The summed E-state index contributed by atoms with van der Waals surface area (Å²) in [4.78, 5) is 12.1. The van der Waals surface area contributed by atoms with Crippen molar-refractivity contribution in [2.24, 2.45) is 0 Å². The van der Waals surface area contributed by atoms with Crippen molar-refractivity contribution in [2.45, 2.75) is 18.4 Å². The second-order valence-corrected chi connectivity index (χ2v) is 5.22. The van der Waals surface area contributed by atoms with E-state index in [1.54, 1.807) is 0 Å². The van der Waals surface area contributed by atoms with Crippen molar-refractivity contribution >= 4 is 22.0 Å². The number of benzene rings is 1. The minimum Gasteiger partial charge on any atom is -0.465 e. The number of carbonyl (C=O) groups is 1. The Bertz CT molecular complexity index is 410. The molecule has 0 radical (unpaired) electrons. The molecular weight excluding hydrogens is 286 g/mol. The van der Waals surface area contributed by atoms with Crippen LogP contribution in [-0.4, -0.2) is 34.3 Å². The van der Waals surface area contributed by atoms with Gasteiger partial charge in [-0.15, -0.1) is 0 Å². The first kappa shape index (κ1) is 12.4. The second kappa shape index (κ2) is 4.66. The standard InChI is InChI=1S/C12H14BrNO3/c13-10-3-1-9(2-4-10)12(17)5-7-14(8-6-12)11(15)16/h1-4,17H,5-8H2,(H,15,16). The van der Waals surface area contributed by atoms with Gasteiger partial charge in [0.25, 0.3) is 0 Å². The molecule has 0 saturated carbocycles. The van der Waals surface area contributed by atoms with Crippen molar-refractivity contribution in [1.82, 2.24) is 4.90 Å². The molecule has 1 aromatic rings. The molecule has 5 heteroatoms. The molecule has 1 heterocycles. The fraction of sp³-hybridized carbons (Fsp3) is 0.417. The maximum absolute atomic E-state index is 10.8. The van der Waals surface area contributed by atoms with Crippen LogP contribution in [-0.2, 0) is 5.60 Å². The lowest BCUT2D eigenvalue weighted by Gasteiger charge is -2.37. The Hall–Kier alpha value is -1.07. The van der Waals surface area contributed by atoms with Crippen LogP contribution in [0.3, 0.4) is 0 Å². The molecule has 0 unspecified atom stereocenters. The van der Waals surface area contributed by atoms with Gasteiger partial charge in [-0.3, -0.25) is 0 Å². The number of hydrogen-bond acceptors (Lipinski definition) is 2. The predicted molar refractivity (Wildman–Crippen MR) is 66.9 cm³/mol. The van der Waals surface area contributed by atoms with E-state index in [4.69, 9.17) is 5.11 Å². The number of hydrogen-bond donors (Lipinski definition) is 2. The maximum Gasteiger partial charge on any atom is 0.407 e. The molecule has 2 N–H and O–H groups in total. The second-order valence-electron chi connectivity index (χ2n) is 4.31. The number of piperidine rings is 1. The lowest BCUT2D eigenvalue weighted by Crippen LogP contribution is -2.44. The molecule has 92 valence electrons. The quantitative estimate of drug-likeness (QED) is 0.837. The summed E-state index contributed by atoms with van der Waals surface area (Å²) in [6.45, 7) is 0.754. The van der Waals surface area contributed by atoms with Gasteiger partial charge in [-0.05, 0) is 30.5 Å². The number of rotatable bonds is 1. The highest BCUT2D eigenvalue weighted by atomic mass is 79.9. The monoisotopic (exact) mass is 299 g/mol. The van der Waals surface area contributed by atoms with Crippen molar-refractivity contribution in [2.75, 3.05) is 13.1 Å². The summed E-state index contributed by atoms with van der Waals surface area (Å²) < 4.78 is 0.966. The fourth-order valence-electron chi connectivity index (χ4n) is 2.12. The Morgan fingerprint density at radius 1 is 1.24 bits per heavy atom. The Kier molecular flexibility index (Phi) is 3.40. The zero-order valence-electron chi connectivity index (χ0n) is 9.27. The van der Waals surface area contributed by atoms with E-state index in [0.717, 1.165) is 10.0 Å². The van der Waals surface area contributed by atoms with Crippen molar-refractivity contribution < 1.29 is 15.0 Å². The molecule has 1 aliphatic rings. The maximum atomic E-state index is 10.8. The van der Waals surface area contributed by atoms with Crippen LogP contribution in [0.4, 0.5) is 4.79 Å². The average molecular weight is 300 g/mol. The molecule has 1 aromatic carbocycles. The van der Waals surface area contributed by atoms with Gasteiger partial charge >= 0.3 is 6.09 Å². The summed E-state index contributed by atoms with van der Waals surface area (Å²) in [7, 11) is 0. The normalized spacial score (nSPS) is 19.1. The van der Waals surface area contributed by atoms with E-state index < -0.39 is 11.7 Å². The molecule has 0 aromatic heterocycles. The third-order valence-corrected chi connectivity index (χ3v) is 3.77. The smallest absolute Gasteiger partial charge is 0.407 e. The molecular formula is C12H14BrNO3. The van der Waals surface area contributed by atoms with Crippen molar-refractivity contribution in [3.05, 3.63) is 34.3 Å². The molecule has 1 saturated heterocycles. The summed E-state index contributed by atoms with van der Waals surface area (Å²) >= 11 is 3.35. The number of carboxylic acid groups (broad SMARTS) is 1. The number of halogens is 1. The van der Waals surface area contributed by atoms with Crippen LogP contribution in [0, 0.1) is 0 Å². The van der Waals surface area contributed by atoms with E-state index in [1.165, 1.54) is 4.90 Å². The first-order valence-electron chi connectivity index (χ1n) is 5.47. The average Bonchev–Trinajstić information content (AvgIpc) is 2.30. The van der Waals surface area contributed by atoms with E-state index in [1.807, 2.05) is 24.3 Å². The predicted octanol–water partition coefficient (Wildman–Crippen LogP) is 2.41. The summed E-state index contributed by atoms with van der Waals surface area (Å²) in [5.74, 6) is 0. The molecule has 2 rings (SSSR count). The molecule has 1 fully saturated rings. The van der Waals surface area contributed by atoms with Gasteiger partial charge in [0.1, 0.15) is 0 Å². The van der Waals surface area contributed by atoms with Crippen LogP contribution in [0.2, 0.25) is 0 Å². The lowest BCUT2D eigenvalue weighted by molar-refractivity contribution is -0.0213. The van der Waals surface area contributed by atoms with E-state index in [9.17, 15) is 9.90 Å². The van der Waals surface area contributed by atoms with Gasteiger partial charge in [0.2, 0.25) is 0 Å². The zero-order valence-corrected chi connectivity index (χ0v) is 10.9. The number of aliphatic hydroxyl groups is 1. The lowest BCUT2D eigenvalue weighted by atomic mass is 9.84. The molecule has 1 aliphatic heterocycles. The molecule has 0 bridgehead atoms. The van der Waals surface area contributed by atoms with Crippen LogP contribution in [0.1, 0.15) is 18.4 Å². The third-order valence-electron chi connectivity index (χ3n) is 3.24. The Morgan fingerprint density at radius 3 is 2.24 bits per heavy atom. The van der Waals surface area contributed by atoms with Gasteiger partial charge in [-0.25, -0.2) is 4.79 Å². The first-order valence-corrected chi connectivity index (χ1v) is 6.27. The van der Waals surface area contributed by atoms with Gasteiger partial charge in [0.05, 0.1) is 5.60 Å². The van der Waals surface area contributed by atoms with Crippen LogP contribution < -0.4 is 0 Å². The molecule has 4 nitrogen and oxygen atoms in total. The summed E-state index contributed by atoms with van der Waals surface area (Å²) in [6, 6.07) is 7.52. The van der Waals surface area contributed by atoms with Crippen molar-refractivity contribution in [1.29, 1.82) is 0 Å². The van der Waals surface area contributed by atoms with E-state index in [-0.39, 0.29) is 0 Å². The molecule has 1 amide bonds. The Morgan fingerprint density at radius 2 is 1.76 bits per heavy atom. The van der Waals surface area contributed by atoms with Crippen molar-refractivity contribution in [3.8, 4) is 0 Å². The van der Waals surface area contributed by atoms with Gasteiger partial charge in [0.15, 0.2) is 0 Å². The van der Waals surface area contributed by atoms with Crippen LogP contribution >= 0.6 is 15.9 Å². The van der Waals surface area contributed by atoms with Gasteiger partial charge in [-0.1, -0.05) is 28.1 Å². The molecule has 0 atom stereocenters. The van der Waals surface area contributed by atoms with Gasteiger partial charge in [0, 0.05) is 17.6 Å². The van der Waals surface area contributed by atoms with Crippen LogP contribution in [0.25, 0.3) is 0 Å². The minimum absolute atomic E-state index is 0.377. The summed E-state index contributed by atoms with van der Waals surface area (Å²) in [5.41, 5.74) is -0.0436. The van der Waals surface area contributed by atoms with Crippen molar-refractivity contribution in [3.63, 3.8) is 0 Å². The van der Waals surface area contributed by atoms with E-state index >= 15 is 0 Å². The van der Waals surface area contributed by atoms with Gasteiger partial charge in [-0.2, -0.15) is 0 Å². The number of nitrogens with zero attached hydrogens (tertiary/aromatic N) is 1. The summed E-state index contributed by atoms with van der Waals surface area (Å²) in [6.07, 6.45) is -0.0233. The molecule has 0 aliphatic carbocycles. The highest BCUT2D eigenvalue weighted by molar-refractivity contribution is 9.10. The number of likely N-dealkylation sites (tertiary alicyclic amines) is 1. The molecule has 0 spiro atoms. The van der Waals surface area contributed by atoms with Gasteiger partial charge < -0.3 is 15.1 Å².